The SMILES string of the molecule is CCNC(=O)c1ccc([C@H](c2cccc(N)c2)N2CCN(Cc3ccc(F)cc3)CC2)cc1. The van der Waals surface area contributed by atoms with Crippen LogP contribution in [0.1, 0.15) is 40.0 Å². The molecular weight excluding hydrogens is 415 g/mol. The molecule has 1 atom stereocenters. The van der Waals surface area contributed by atoms with Crippen molar-refractivity contribution >= 4 is 11.6 Å². The van der Waals surface area contributed by atoms with Crippen LogP contribution in [0.15, 0.2) is 72.8 Å². The Kier molecular flexibility index (Phi) is 7.37. The molecule has 0 aromatic heterocycles. The van der Waals surface area contributed by atoms with E-state index in [0.29, 0.717) is 12.1 Å². The highest BCUT2D eigenvalue weighted by Crippen LogP contribution is 2.31. The van der Waals surface area contributed by atoms with Gasteiger partial charge in [0.05, 0.1) is 6.04 Å². The van der Waals surface area contributed by atoms with Crippen molar-refractivity contribution in [1.82, 2.24) is 15.1 Å². The van der Waals surface area contributed by atoms with Gasteiger partial charge in [0.1, 0.15) is 5.82 Å². The van der Waals surface area contributed by atoms with Crippen LogP contribution in [-0.4, -0.2) is 48.4 Å². The van der Waals surface area contributed by atoms with E-state index in [1.165, 1.54) is 12.1 Å². The molecule has 172 valence electrons. The molecule has 1 aliphatic rings. The van der Waals surface area contributed by atoms with Gasteiger partial charge in [-0.05, 0) is 60.0 Å². The number of nitrogens with one attached hydrogen (secondary N) is 1. The van der Waals surface area contributed by atoms with Crippen molar-refractivity contribution in [2.45, 2.75) is 19.5 Å². The second kappa shape index (κ2) is 10.6. The number of carbonyl (C=O) groups is 1. The number of rotatable bonds is 7. The first kappa shape index (κ1) is 23.0. The summed E-state index contributed by atoms with van der Waals surface area (Å²) in [4.78, 5) is 17.1. The summed E-state index contributed by atoms with van der Waals surface area (Å²) in [6.07, 6.45) is 0. The number of nitrogens with zero attached hydrogens (tertiary/aromatic N) is 2. The number of hydrogen-bond donors (Lipinski definition) is 2. The number of amides is 1. The summed E-state index contributed by atoms with van der Waals surface area (Å²) < 4.78 is 13.2. The molecule has 4 rings (SSSR count). The number of halogens is 1. The molecule has 1 heterocycles. The van der Waals surface area contributed by atoms with Crippen molar-refractivity contribution in [1.29, 1.82) is 0 Å². The summed E-state index contributed by atoms with van der Waals surface area (Å²) in [6.45, 7) is 6.99. The highest BCUT2D eigenvalue weighted by molar-refractivity contribution is 5.94. The minimum Gasteiger partial charge on any atom is -0.399 e. The van der Waals surface area contributed by atoms with Gasteiger partial charge < -0.3 is 11.1 Å². The Hall–Kier alpha value is -3.22. The lowest BCUT2D eigenvalue weighted by Crippen LogP contribution is -2.47. The summed E-state index contributed by atoms with van der Waals surface area (Å²) in [5, 5.41) is 2.85. The van der Waals surface area contributed by atoms with Gasteiger partial charge in [-0.1, -0.05) is 36.4 Å². The number of carbonyl (C=O) groups excluding carboxylic acids is 1. The van der Waals surface area contributed by atoms with Crippen molar-refractivity contribution in [3.05, 3.63) is 101 Å². The van der Waals surface area contributed by atoms with Crippen LogP contribution in [0.4, 0.5) is 10.1 Å². The maximum atomic E-state index is 13.2. The zero-order valence-electron chi connectivity index (χ0n) is 19.0. The van der Waals surface area contributed by atoms with Crippen molar-refractivity contribution in [2.75, 3.05) is 38.5 Å². The monoisotopic (exact) mass is 446 g/mol. The van der Waals surface area contributed by atoms with Crippen LogP contribution in [0.3, 0.4) is 0 Å². The Morgan fingerprint density at radius 1 is 0.970 bits per heavy atom. The van der Waals surface area contributed by atoms with E-state index in [1.807, 2.05) is 61.5 Å². The maximum Gasteiger partial charge on any atom is 0.251 e. The summed E-state index contributed by atoms with van der Waals surface area (Å²) in [5.74, 6) is -0.259. The molecule has 0 unspecified atom stereocenters. The quantitative estimate of drug-likeness (QED) is 0.537. The van der Waals surface area contributed by atoms with E-state index in [9.17, 15) is 9.18 Å². The third-order valence-corrected chi connectivity index (χ3v) is 6.14. The van der Waals surface area contributed by atoms with Crippen molar-refractivity contribution in [2.24, 2.45) is 0 Å². The predicted molar refractivity (Wildman–Crippen MR) is 130 cm³/mol. The summed E-state index contributed by atoms with van der Waals surface area (Å²) in [7, 11) is 0. The van der Waals surface area contributed by atoms with E-state index in [0.717, 1.165) is 55.1 Å². The minimum absolute atomic E-state index is 0.0565. The maximum absolute atomic E-state index is 13.2. The molecule has 5 nitrogen and oxygen atoms in total. The fourth-order valence-electron chi connectivity index (χ4n) is 4.45. The molecule has 0 saturated carbocycles. The number of benzene rings is 3. The summed E-state index contributed by atoms with van der Waals surface area (Å²) in [5.41, 5.74) is 10.9. The molecule has 33 heavy (non-hydrogen) atoms. The molecule has 6 heteroatoms. The lowest BCUT2D eigenvalue weighted by molar-refractivity contribution is 0.0955. The number of piperazine rings is 1. The second-order valence-electron chi connectivity index (χ2n) is 8.49. The standard InChI is InChI=1S/C27H31FN4O/c1-2-30-27(33)22-10-8-21(9-11-22)26(23-4-3-5-25(29)18-23)32-16-14-31(15-17-32)19-20-6-12-24(28)13-7-20/h3-13,18,26H,2,14-17,19,29H2,1H3,(H,30,33)/t26-/m1/s1. The van der Waals surface area contributed by atoms with E-state index >= 15 is 0 Å². The van der Waals surface area contributed by atoms with Crippen molar-refractivity contribution in [3.8, 4) is 0 Å². The molecule has 1 amide bonds. The van der Waals surface area contributed by atoms with Gasteiger partial charge in [0.15, 0.2) is 0 Å². The Labute approximate surface area is 195 Å². The zero-order valence-corrected chi connectivity index (χ0v) is 19.0. The molecule has 1 aliphatic heterocycles. The summed E-state index contributed by atoms with van der Waals surface area (Å²) >= 11 is 0. The first-order valence-corrected chi connectivity index (χ1v) is 11.5. The minimum atomic E-state index is -0.202. The van der Waals surface area contributed by atoms with Gasteiger partial charge in [-0.25, -0.2) is 4.39 Å². The Balaban J connectivity index is 1.51. The van der Waals surface area contributed by atoms with Crippen molar-refractivity contribution in [3.63, 3.8) is 0 Å². The van der Waals surface area contributed by atoms with Gasteiger partial charge in [0.2, 0.25) is 0 Å². The molecule has 0 aliphatic carbocycles. The van der Waals surface area contributed by atoms with Crippen LogP contribution >= 0.6 is 0 Å². The van der Waals surface area contributed by atoms with Gasteiger partial charge in [0, 0.05) is 50.5 Å². The Morgan fingerprint density at radius 2 is 1.67 bits per heavy atom. The number of hydrogen-bond acceptors (Lipinski definition) is 4. The lowest BCUT2D eigenvalue weighted by atomic mass is 9.95. The Morgan fingerprint density at radius 3 is 2.30 bits per heavy atom. The molecule has 1 fully saturated rings. The number of nitrogen functional groups attached to an aromatic ring is 1. The Bertz CT molecular complexity index is 1060. The first-order valence-electron chi connectivity index (χ1n) is 11.5. The van der Waals surface area contributed by atoms with Crippen molar-refractivity contribution < 1.29 is 9.18 Å². The van der Waals surface area contributed by atoms with Gasteiger partial charge in [-0.3, -0.25) is 14.6 Å². The van der Waals surface area contributed by atoms with Gasteiger partial charge in [-0.2, -0.15) is 0 Å². The van der Waals surface area contributed by atoms with Crippen LogP contribution in [0, 0.1) is 5.82 Å². The van der Waals surface area contributed by atoms with Crippen LogP contribution in [0.25, 0.3) is 0 Å². The molecule has 0 bridgehead atoms. The fraction of sp³-hybridized carbons (Fsp3) is 0.296. The molecule has 1 saturated heterocycles. The van der Waals surface area contributed by atoms with Crippen LogP contribution < -0.4 is 11.1 Å². The third-order valence-electron chi connectivity index (χ3n) is 6.14. The van der Waals surface area contributed by atoms with Crippen LogP contribution in [0.2, 0.25) is 0 Å². The molecular formula is C27H31FN4O. The highest BCUT2D eigenvalue weighted by Gasteiger charge is 2.27. The van der Waals surface area contributed by atoms with E-state index in [2.05, 4.69) is 21.2 Å². The molecule has 3 N–H and O–H groups in total. The molecule has 3 aromatic carbocycles. The molecule has 3 aromatic rings. The average Bonchev–Trinajstić information content (AvgIpc) is 2.82. The van der Waals surface area contributed by atoms with E-state index in [1.54, 1.807) is 0 Å². The fourth-order valence-corrected chi connectivity index (χ4v) is 4.45. The summed E-state index contributed by atoms with van der Waals surface area (Å²) in [6, 6.07) is 22.7. The number of anilines is 1. The molecule has 0 radical (unpaired) electrons. The first-order chi connectivity index (χ1) is 16.0. The smallest absolute Gasteiger partial charge is 0.251 e. The normalized spacial score (nSPS) is 15.8. The predicted octanol–water partition coefficient (Wildman–Crippen LogP) is 4.06. The van der Waals surface area contributed by atoms with E-state index < -0.39 is 0 Å². The van der Waals surface area contributed by atoms with E-state index in [4.69, 9.17) is 5.73 Å². The molecule has 0 spiro atoms. The van der Waals surface area contributed by atoms with Crippen LogP contribution in [-0.2, 0) is 6.54 Å². The number of nitrogens with two attached hydrogens (primary N) is 1. The average molecular weight is 447 g/mol. The van der Waals surface area contributed by atoms with Gasteiger partial charge in [0.25, 0.3) is 5.91 Å². The topological polar surface area (TPSA) is 61.6 Å². The van der Waals surface area contributed by atoms with Gasteiger partial charge >= 0.3 is 0 Å². The van der Waals surface area contributed by atoms with E-state index in [-0.39, 0.29) is 17.8 Å². The largest absolute Gasteiger partial charge is 0.399 e. The lowest BCUT2D eigenvalue weighted by Gasteiger charge is -2.40. The highest BCUT2D eigenvalue weighted by atomic mass is 19.1. The van der Waals surface area contributed by atoms with Crippen LogP contribution in [0.5, 0.6) is 0 Å². The van der Waals surface area contributed by atoms with Gasteiger partial charge in [-0.15, -0.1) is 0 Å². The zero-order chi connectivity index (χ0) is 23.2. The third kappa shape index (κ3) is 5.78. The second-order valence-corrected chi connectivity index (χ2v) is 8.49.